The van der Waals surface area contributed by atoms with Gasteiger partial charge in [0.1, 0.15) is 0 Å². The minimum atomic E-state index is -0.774. The molecule has 19 heavy (non-hydrogen) atoms. The van der Waals surface area contributed by atoms with E-state index in [0.717, 1.165) is 0 Å². The van der Waals surface area contributed by atoms with Gasteiger partial charge in [0, 0.05) is 18.5 Å². The molecule has 1 saturated carbocycles. The second kappa shape index (κ2) is 6.89. The van der Waals surface area contributed by atoms with Gasteiger partial charge in [-0.3, -0.25) is 9.59 Å². The summed E-state index contributed by atoms with van der Waals surface area (Å²) in [6.07, 6.45) is 1.79. The van der Waals surface area contributed by atoms with Crippen LogP contribution in [0.5, 0.6) is 0 Å². The molecule has 1 aliphatic carbocycles. The molecule has 0 aromatic heterocycles. The van der Waals surface area contributed by atoms with Crippen LogP contribution in [0.4, 0.5) is 0 Å². The number of carboxylic acid groups (broad SMARTS) is 1. The SMILES string of the molecule is CC(C)C(CNC(=O)[C@@H]1CC[C@H](C(=O)O)C1)N(C)C. The number of nitrogens with zero attached hydrogens (tertiary/aromatic N) is 1. The van der Waals surface area contributed by atoms with E-state index in [4.69, 9.17) is 5.11 Å². The van der Waals surface area contributed by atoms with E-state index in [1.54, 1.807) is 0 Å². The number of aliphatic carboxylic acids is 1. The Morgan fingerprint density at radius 1 is 1.26 bits per heavy atom. The molecule has 2 N–H and O–H groups in total. The van der Waals surface area contributed by atoms with Gasteiger partial charge < -0.3 is 15.3 Å². The van der Waals surface area contributed by atoms with Crippen LogP contribution in [-0.2, 0) is 9.59 Å². The van der Waals surface area contributed by atoms with Gasteiger partial charge in [-0.05, 0) is 39.3 Å². The van der Waals surface area contributed by atoms with Crippen LogP contribution in [-0.4, -0.2) is 48.6 Å². The number of likely N-dealkylation sites (N-methyl/N-ethyl adjacent to an activating group) is 1. The van der Waals surface area contributed by atoms with E-state index >= 15 is 0 Å². The second-order valence-electron chi connectivity index (χ2n) is 6.07. The van der Waals surface area contributed by atoms with Crippen molar-refractivity contribution in [1.82, 2.24) is 10.2 Å². The first kappa shape index (κ1) is 16.0. The van der Waals surface area contributed by atoms with Crippen molar-refractivity contribution in [3.8, 4) is 0 Å². The zero-order valence-corrected chi connectivity index (χ0v) is 12.3. The Morgan fingerprint density at radius 3 is 2.26 bits per heavy atom. The molecule has 0 radical (unpaired) electrons. The number of hydrogen-bond donors (Lipinski definition) is 2. The summed E-state index contributed by atoms with van der Waals surface area (Å²) in [5.41, 5.74) is 0. The van der Waals surface area contributed by atoms with Gasteiger partial charge >= 0.3 is 5.97 Å². The lowest BCUT2D eigenvalue weighted by molar-refractivity contribution is -0.141. The molecule has 0 bridgehead atoms. The molecule has 1 rings (SSSR count). The van der Waals surface area contributed by atoms with Crippen LogP contribution in [0.15, 0.2) is 0 Å². The first-order valence-electron chi connectivity index (χ1n) is 6.99. The Balaban J connectivity index is 2.41. The van der Waals surface area contributed by atoms with Crippen LogP contribution in [0.25, 0.3) is 0 Å². The Kier molecular flexibility index (Phi) is 5.79. The minimum Gasteiger partial charge on any atom is -0.481 e. The minimum absolute atomic E-state index is 0.0104. The van der Waals surface area contributed by atoms with Crippen LogP contribution in [0.3, 0.4) is 0 Å². The van der Waals surface area contributed by atoms with Crippen molar-refractivity contribution in [2.75, 3.05) is 20.6 Å². The number of carbonyl (C=O) groups excluding carboxylic acids is 1. The van der Waals surface area contributed by atoms with Crippen LogP contribution >= 0.6 is 0 Å². The number of nitrogens with one attached hydrogen (secondary N) is 1. The van der Waals surface area contributed by atoms with Gasteiger partial charge in [0.25, 0.3) is 0 Å². The Bertz CT molecular complexity index is 321. The first-order chi connectivity index (χ1) is 8.82. The molecule has 5 heteroatoms. The van der Waals surface area contributed by atoms with Crippen LogP contribution in [0, 0.1) is 17.8 Å². The summed E-state index contributed by atoms with van der Waals surface area (Å²) in [5, 5.41) is 11.9. The zero-order valence-electron chi connectivity index (χ0n) is 12.3. The van der Waals surface area contributed by atoms with Crippen LogP contribution in [0.1, 0.15) is 33.1 Å². The molecule has 1 unspecified atom stereocenters. The van der Waals surface area contributed by atoms with Gasteiger partial charge in [-0.25, -0.2) is 0 Å². The van der Waals surface area contributed by atoms with Gasteiger partial charge in [-0.1, -0.05) is 13.8 Å². The molecule has 110 valence electrons. The third-order valence-corrected chi connectivity index (χ3v) is 4.07. The van der Waals surface area contributed by atoms with Gasteiger partial charge in [0.2, 0.25) is 5.91 Å². The fraction of sp³-hybridized carbons (Fsp3) is 0.857. The molecule has 1 fully saturated rings. The predicted octanol–water partition coefficient (Wildman–Crippen LogP) is 1.19. The number of amides is 1. The van der Waals surface area contributed by atoms with E-state index in [0.29, 0.717) is 37.8 Å². The molecule has 0 aromatic rings. The molecule has 0 heterocycles. The van der Waals surface area contributed by atoms with Gasteiger partial charge in [-0.15, -0.1) is 0 Å². The molecular formula is C14H26N2O3. The van der Waals surface area contributed by atoms with Crippen molar-refractivity contribution in [3.05, 3.63) is 0 Å². The fourth-order valence-electron chi connectivity index (χ4n) is 2.81. The lowest BCUT2D eigenvalue weighted by Crippen LogP contribution is -2.44. The molecule has 0 aliphatic heterocycles. The summed E-state index contributed by atoms with van der Waals surface area (Å²) < 4.78 is 0. The number of carboxylic acids is 1. The van der Waals surface area contributed by atoms with Gasteiger partial charge in [0.05, 0.1) is 5.92 Å². The predicted molar refractivity (Wildman–Crippen MR) is 73.8 cm³/mol. The number of carbonyl (C=O) groups is 2. The van der Waals surface area contributed by atoms with E-state index in [-0.39, 0.29) is 17.7 Å². The highest BCUT2D eigenvalue weighted by Gasteiger charge is 2.34. The molecule has 0 spiro atoms. The molecule has 1 amide bonds. The average molecular weight is 270 g/mol. The van der Waals surface area contributed by atoms with Crippen molar-refractivity contribution in [3.63, 3.8) is 0 Å². The highest BCUT2D eigenvalue weighted by molar-refractivity contribution is 5.80. The largest absolute Gasteiger partial charge is 0.481 e. The van der Waals surface area contributed by atoms with Crippen LogP contribution < -0.4 is 5.32 Å². The normalized spacial score (nSPS) is 24.7. The molecule has 3 atom stereocenters. The molecular weight excluding hydrogens is 244 g/mol. The van der Waals surface area contributed by atoms with Crippen molar-refractivity contribution >= 4 is 11.9 Å². The van der Waals surface area contributed by atoms with E-state index in [2.05, 4.69) is 24.1 Å². The van der Waals surface area contributed by atoms with Crippen molar-refractivity contribution in [2.45, 2.75) is 39.2 Å². The molecule has 0 saturated heterocycles. The highest BCUT2D eigenvalue weighted by Crippen LogP contribution is 2.31. The smallest absolute Gasteiger partial charge is 0.306 e. The molecule has 0 aromatic carbocycles. The maximum Gasteiger partial charge on any atom is 0.306 e. The lowest BCUT2D eigenvalue weighted by atomic mass is 10.0. The van der Waals surface area contributed by atoms with Crippen molar-refractivity contribution < 1.29 is 14.7 Å². The summed E-state index contributed by atoms with van der Waals surface area (Å²) in [5.74, 6) is -0.771. The van der Waals surface area contributed by atoms with Gasteiger partial charge in [0.15, 0.2) is 0 Å². The summed E-state index contributed by atoms with van der Waals surface area (Å²) in [4.78, 5) is 25.0. The van der Waals surface area contributed by atoms with Crippen molar-refractivity contribution in [2.24, 2.45) is 17.8 Å². The van der Waals surface area contributed by atoms with Gasteiger partial charge in [-0.2, -0.15) is 0 Å². The van der Waals surface area contributed by atoms with E-state index in [1.807, 2.05) is 14.1 Å². The monoisotopic (exact) mass is 270 g/mol. The summed E-state index contributed by atoms with van der Waals surface area (Å²) in [6.45, 7) is 4.89. The number of rotatable bonds is 6. The third-order valence-electron chi connectivity index (χ3n) is 4.07. The fourth-order valence-corrected chi connectivity index (χ4v) is 2.81. The second-order valence-corrected chi connectivity index (χ2v) is 6.07. The lowest BCUT2D eigenvalue weighted by Gasteiger charge is -2.28. The maximum absolute atomic E-state index is 12.0. The highest BCUT2D eigenvalue weighted by atomic mass is 16.4. The average Bonchev–Trinajstić information content (AvgIpc) is 2.77. The quantitative estimate of drug-likeness (QED) is 0.760. The summed E-state index contributed by atoms with van der Waals surface area (Å²) in [6, 6.07) is 0.306. The summed E-state index contributed by atoms with van der Waals surface area (Å²) in [7, 11) is 4.01. The van der Waals surface area contributed by atoms with E-state index < -0.39 is 5.97 Å². The van der Waals surface area contributed by atoms with E-state index in [9.17, 15) is 9.59 Å². The number of hydrogen-bond acceptors (Lipinski definition) is 3. The third kappa shape index (κ3) is 4.49. The molecule has 1 aliphatic rings. The maximum atomic E-state index is 12.0. The first-order valence-corrected chi connectivity index (χ1v) is 6.99. The van der Waals surface area contributed by atoms with E-state index in [1.165, 1.54) is 0 Å². The molecule has 5 nitrogen and oxygen atoms in total. The standard InChI is InChI=1S/C14H26N2O3/c1-9(2)12(16(3)4)8-15-13(17)10-5-6-11(7-10)14(18)19/h9-12H,5-8H2,1-4H3,(H,15,17)(H,18,19)/t10-,11+,12?/m1/s1. The Hall–Kier alpha value is -1.10. The Labute approximate surface area is 115 Å². The topological polar surface area (TPSA) is 69.6 Å². The summed E-state index contributed by atoms with van der Waals surface area (Å²) >= 11 is 0. The van der Waals surface area contributed by atoms with Crippen molar-refractivity contribution in [1.29, 1.82) is 0 Å². The van der Waals surface area contributed by atoms with Crippen LogP contribution in [0.2, 0.25) is 0 Å². The zero-order chi connectivity index (χ0) is 14.6. The Morgan fingerprint density at radius 2 is 1.84 bits per heavy atom.